The lowest BCUT2D eigenvalue weighted by Gasteiger charge is -2.30. The summed E-state index contributed by atoms with van der Waals surface area (Å²) in [5.41, 5.74) is 11.7. The zero-order valence-corrected chi connectivity index (χ0v) is 26.6. The molecule has 0 saturated heterocycles. The van der Waals surface area contributed by atoms with E-state index in [1.54, 1.807) is 7.11 Å². The molecule has 0 bridgehead atoms. The molecule has 0 saturated carbocycles. The number of rotatable bonds is 7. The van der Waals surface area contributed by atoms with Gasteiger partial charge in [-0.15, -0.1) is 0 Å². The van der Waals surface area contributed by atoms with Crippen LogP contribution in [0.2, 0.25) is 0 Å². The Morgan fingerprint density at radius 1 is 0.477 bits per heavy atom. The van der Waals surface area contributed by atoms with E-state index in [1.807, 2.05) is 18.2 Å². The van der Waals surface area contributed by atoms with Gasteiger partial charge in [-0.2, -0.15) is 0 Å². The molecule has 1 aliphatic carbocycles. The first-order valence-electron chi connectivity index (χ1n) is 14.8. The Morgan fingerprint density at radius 3 is 1.59 bits per heavy atom. The second-order valence-electron chi connectivity index (χ2n) is 11.6. The number of ether oxygens (including phenoxy) is 1. The Hall–Kier alpha value is -4.80. The molecule has 0 aliphatic heterocycles. The fourth-order valence-corrected chi connectivity index (χ4v) is 6.90. The molecule has 7 rings (SSSR count). The Kier molecular flexibility index (Phi) is 7.23. The lowest BCUT2D eigenvalue weighted by atomic mass is 9.82. The van der Waals surface area contributed by atoms with Crippen molar-refractivity contribution >= 4 is 50.1 Å². The van der Waals surface area contributed by atoms with Gasteiger partial charge in [-0.25, -0.2) is 0 Å². The largest absolute Gasteiger partial charge is 0.497 e. The van der Waals surface area contributed by atoms with Crippen LogP contribution in [-0.2, 0) is 5.41 Å². The van der Waals surface area contributed by atoms with E-state index in [1.165, 1.54) is 22.3 Å². The summed E-state index contributed by atoms with van der Waals surface area (Å²) in [6.45, 7) is 4.66. The monoisotopic (exact) mass is 636 g/mol. The fourth-order valence-electron chi connectivity index (χ4n) is 6.43. The maximum absolute atomic E-state index is 5.46. The van der Waals surface area contributed by atoms with E-state index >= 15 is 0 Å². The second-order valence-corrected chi connectivity index (χ2v) is 12.5. The van der Waals surface area contributed by atoms with Crippen molar-refractivity contribution in [2.24, 2.45) is 0 Å². The number of nitrogens with zero attached hydrogens (tertiary/aromatic N) is 2. The first-order chi connectivity index (χ1) is 21.4. The summed E-state index contributed by atoms with van der Waals surface area (Å²) in [5, 5.41) is 0. The van der Waals surface area contributed by atoms with Gasteiger partial charge in [0.2, 0.25) is 0 Å². The highest BCUT2D eigenvalue weighted by Gasteiger charge is 2.35. The standard InChI is InChI=1S/C40H33BrN2O/c1-40(2)38-17-11-10-16-36(38)37-23-20-32(27-39(37)40)43(30-14-8-5-9-15-30)34-25-28(41)24-33(26-34)42(29-12-6-4-7-13-29)31-18-21-35(44-3)22-19-31/h4-27H,1-3H3. The quantitative estimate of drug-likeness (QED) is 0.173. The lowest BCUT2D eigenvalue weighted by Crippen LogP contribution is -2.17. The van der Waals surface area contributed by atoms with E-state index in [-0.39, 0.29) is 5.41 Å². The van der Waals surface area contributed by atoms with Crippen LogP contribution in [0.15, 0.2) is 150 Å². The van der Waals surface area contributed by atoms with Crippen molar-refractivity contribution in [1.29, 1.82) is 0 Å². The van der Waals surface area contributed by atoms with Gasteiger partial charge in [-0.1, -0.05) is 96.5 Å². The van der Waals surface area contributed by atoms with E-state index in [0.717, 1.165) is 44.3 Å². The highest BCUT2D eigenvalue weighted by atomic mass is 79.9. The topological polar surface area (TPSA) is 15.7 Å². The third-order valence-corrected chi connectivity index (χ3v) is 9.03. The van der Waals surface area contributed by atoms with Gasteiger partial charge in [0.1, 0.15) is 5.75 Å². The molecule has 0 spiro atoms. The molecule has 216 valence electrons. The molecule has 1 aliphatic rings. The highest BCUT2D eigenvalue weighted by molar-refractivity contribution is 9.10. The summed E-state index contributed by atoms with van der Waals surface area (Å²) in [5.74, 6) is 0.827. The summed E-state index contributed by atoms with van der Waals surface area (Å²) >= 11 is 3.88. The van der Waals surface area contributed by atoms with E-state index in [2.05, 4.69) is 167 Å². The molecule has 0 atom stereocenters. The third-order valence-electron chi connectivity index (χ3n) is 8.57. The van der Waals surface area contributed by atoms with Gasteiger partial charge in [-0.3, -0.25) is 0 Å². The predicted octanol–water partition coefficient (Wildman–Crippen LogP) is 11.7. The molecule has 0 fully saturated rings. The van der Waals surface area contributed by atoms with Crippen molar-refractivity contribution in [3.63, 3.8) is 0 Å². The maximum atomic E-state index is 5.46. The van der Waals surface area contributed by atoms with E-state index in [4.69, 9.17) is 4.74 Å². The summed E-state index contributed by atoms with van der Waals surface area (Å²) in [6.07, 6.45) is 0. The SMILES string of the molecule is COc1ccc(N(c2ccccc2)c2cc(Br)cc(N(c3ccccc3)c3ccc4c(c3)C(C)(C)c3ccccc3-4)c2)cc1. The van der Waals surface area contributed by atoms with E-state index < -0.39 is 0 Å². The van der Waals surface area contributed by atoms with Crippen molar-refractivity contribution in [2.75, 3.05) is 16.9 Å². The van der Waals surface area contributed by atoms with Crippen LogP contribution in [0.5, 0.6) is 5.75 Å². The Balaban J connectivity index is 1.40. The fraction of sp³-hybridized carbons (Fsp3) is 0.100. The Labute approximate surface area is 268 Å². The van der Waals surface area contributed by atoms with Crippen LogP contribution in [0.25, 0.3) is 11.1 Å². The summed E-state index contributed by atoms with van der Waals surface area (Å²) in [4.78, 5) is 4.63. The summed E-state index contributed by atoms with van der Waals surface area (Å²) in [6, 6.07) is 51.6. The van der Waals surface area contributed by atoms with E-state index in [9.17, 15) is 0 Å². The number of hydrogen-bond donors (Lipinski definition) is 0. The first-order valence-corrected chi connectivity index (χ1v) is 15.6. The van der Waals surface area contributed by atoms with Crippen molar-refractivity contribution in [1.82, 2.24) is 0 Å². The zero-order chi connectivity index (χ0) is 30.3. The average Bonchev–Trinajstić information content (AvgIpc) is 3.28. The molecule has 4 heteroatoms. The molecular weight excluding hydrogens is 604 g/mol. The van der Waals surface area contributed by atoms with Gasteiger partial charge in [0.25, 0.3) is 0 Å². The van der Waals surface area contributed by atoms with Crippen molar-refractivity contribution in [2.45, 2.75) is 19.3 Å². The van der Waals surface area contributed by atoms with Crippen LogP contribution >= 0.6 is 15.9 Å². The minimum absolute atomic E-state index is 0.0921. The zero-order valence-electron chi connectivity index (χ0n) is 25.0. The Bertz CT molecular complexity index is 1940. The molecule has 0 heterocycles. The molecule has 0 unspecified atom stereocenters. The van der Waals surface area contributed by atoms with E-state index in [0.29, 0.717) is 0 Å². The minimum Gasteiger partial charge on any atom is -0.497 e. The van der Waals surface area contributed by atoms with Gasteiger partial charge < -0.3 is 14.5 Å². The first kappa shape index (κ1) is 28.0. The lowest BCUT2D eigenvalue weighted by molar-refractivity contribution is 0.415. The molecule has 44 heavy (non-hydrogen) atoms. The summed E-state index contributed by atoms with van der Waals surface area (Å²) in [7, 11) is 1.70. The number of halogens is 1. The number of benzene rings is 6. The predicted molar refractivity (Wildman–Crippen MR) is 188 cm³/mol. The molecule has 0 radical (unpaired) electrons. The smallest absolute Gasteiger partial charge is 0.119 e. The van der Waals surface area contributed by atoms with Crippen LogP contribution < -0.4 is 14.5 Å². The normalized spacial score (nSPS) is 12.7. The minimum atomic E-state index is -0.0921. The Morgan fingerprint density at radius 2 is 0.977 bits per heavy atom. The van der Waals surface area contributed by atoms with Gasteiger partial charge in [0.05, 0.1) is 7.11 Å². The van der Waals surface area contributed by atoms with Crippen LogP contribution in [0.4, 0.5) is 34.1 Å². The van der Waals surface area contributed by atoms with Gasteiger partial charge in [0, 0.05) is 44.0 Å². The van der Waals surface area contributed by atoms with Crippen molar-refractivity contribution in [3.8, 4) is 16.9 Å². The molecule has 6 aromatic rings. The van der Waals surface area contributed by atoms with Crippen LogP contribution in [0.1, 0.15) is 25.0 Å². The van der Waals surface area contributed by atoms with Gasteiger partial charge in [0.15, 0.2) is 0 Å². The molecule has 0 N–H and O–H groups in total. The highest BCUT2D eigenvalue weighted by Crippen LogP contribution is 2.51. The van der Waals surface area contributed by atoms with Gasteiger partial charge in [-0.05, 0) is 101 Å². The molecule has 3 nitrogen and oxygen atoms in total. The number of methoxy groups -OCH3 is 1. The van der Waals surface area contributed by atoms with Crippen molar-refractivity contribution < 1.29 is 4.74 Å². The number of hydrogen-bond acceptors (Lipinski definition) is 3. The van der Waals surface area contributed by atoms with Crippen LogP contribution in [0, 0.1) is 0 Å². The maximum Gasteiger partial charge on any atom is 0.119 e. The second kappa shape index (κ2) is 11.4. The van der Waals surface area contributed by atoms with Gasteiger partial charge >= 0.3 is 0 Å². The van der Waals surface area contributed by atoms with Crippen LogP contribution in [-0.4, -0.2) is 7.11 Å². The van der Waals surface area contributed by atoms with Crippen molar-refractivity contribution in [3.05, 3.63) is 161 Å². The summed E-state index contributed by atoms with van der Waals surface area (Å²) < 4.78 is 6.46. The molecule has 0 amide bonds. The molecule has 0 aromatic heterocycles. The number of fused-ring (bicyclic) bond motifs is 3. The number of anilines is 6. The molecular formula is C40H33BrN2O. The number of para-hydroxylation sites is 2. The third kappa shape index (κ3) is 4.95. The molecule has 6 aromatic carbocycles. The van der Waals surface area contributed by atoms with Crippen LogP contribution in [0.3, 0.4) is 0 Å². The average molecular weight is 638 g/mol.